The molecule has 0 unspecified atom stereocenters. The van der Waals surface area contributed by atoms with Gasteiger partial charge in [-0.1, -0.05) is 24.3 Å². The Balaban J connectivity index is 1.37. The maximum absolute atomic E-state index is 13.7. The number of anilines is 1. The lowest BCUT2D eigenvalue weighted by Gasteiger charge is -2.36. The maximum atomic E-state index is 13.7. The summed E-state index contributed by atoms with van der Waals surface area (Å²) in [5.41, 5.74) is 3.37. The molecule has 2 fully saturated rings. The van der Waals surface area contributed by atoms with E-state index in [-0.39, 0.29) is 11.9 Å². The minimum absolute atomic E-state index is 0.00292. The molecular weight excluding hydrogens is 441 g/mol. The Morgan fingerprint density at radius 3 is 2.46 bits per heavy atom. The number of hydrogen-bond donors (Lipinski definition) is 0. The summed E-state index contributed by atoms with van der Waals surface area (Å²) in [5.74, 6) is 0.840. The lowest BCUT2D eigenvalue weighted by atomic mass is 9.85. The van der Waals surface area contributed by atoms with E-state index in [1.54, 1.807) is 0 Å². The fraction of sp³-hybridized carbons (Fsp3) is 0.500. The van der Waals surface area contributed by atoms with Crippen LogP contribution in [0.2, 0.25) is 0 Å². The maximum Gasteiger partial charge on any atom is 0.516 e. The van der Waals surface area contributed by atoms with E-state index in [4.69, 9.17) is 19.4 Å². The van der Waals surface area contributed by atoms with Crippen molar-refractivity contribution in [2.75, 3.05) is 24.5 Å². The Morgan fingerprint density at radius 2 is 1.77 bits per heavy atom. The Bertz CT molecular complexity index is 1300. The molecule has 0 saturated carbocycles. The second kappa shape index (κ2) is 7.80. The first kappa shape index (κ1) is 22.6. The standard InChI is InChI=1S/C26H32BN5O3/c1-17-19-10-7-6-9-18(19)11-14-31(17)24(33)20-15-23(30-12-8-13-30)32-22(28-20)16-21(29-32)27-34-25(2,3)26(4,5)35-27/h6-7,9-10,15-17H,8,11-14H2,1-5H3/t17-/m1/s1. The normalized spacial score (nSPS) is 22.9. The molecule has 0 spiro atoms. The highest BCUT2D eigenvalue weighted by Crippen LogP contribution is 2.37. The minimum Gasteiger partial charge on any atom is -0.398 e. The third-order valence-corrected chi connectivity index (χ3v) is 8.18. The van der Waals surface area contributed by atoms with E-state index in [0.29, 0.717) is 23.5 Å². The van der Waals surface area contributed by atoms with Crippen LogP contribution < -0.4 is 10.5 Å². The topological polar surface area (TPSA) is 72.2 Å². The molecule has 3 aliphatic rings. The van der Waals surface area contributed by atoms with Crippen molar-refractivity contribution < 1.29 is 14.1 Å². The van der Waals surface area contributed by atoms with Crippen LogP contribution in [-0.2, 0) is 15.7 Å². The Morgan fingerprint density at radius 1 is 1.06 bits per heavy atom. The van der Waals surface area contributed by atoms with Gasteiger partial charge in [-0.2, -0.15) is 9.61 Å². The molecule has 5 heterocycles. The number of rotatable bonds is 3. The van der Waals surface area contributed by atoms with Gasteiger partial charge >= 0.3 is 7.12 Å². The number of nitrogens with zero attached hydrogens (tertiary/aromatic N) is 5. The van der Waals surface area contributed by atoms with Crippen LogP contribution in [0.15, 0.2) is 36.4 Å². The van der Waals surface area contributed by atoms with Gasteiger partial charge in [0.1, 0.15) is 11.5 Å². The van der Waals surface area contributed by atoms with Crippen LogP contribution in [0.1, 0.15) is 68.7 Å². The van der Waals surface area contributed by atoms with E-state index in [1.807, 2.05) is 55.3 Å². The zero-order valence-corrected chi connectivity index (χ0v) is 21.1. The number of aromatic nitrogens is 3. The van der Waals surface area contributed by atoms with E-state index < -0.39 is 18.3 Å². The molecule has 3 aromatic rings. The van der Waals surface area contributed by atoms with Crippen molar-refractivity contribution in [2.24, 2.45) is 0 Å². The summed E-state index contributed by atoms with van der Waals surface area (Å²) in [6.45, 7) is 12.8. The summed E-state index contributed by atoms with van der Waals surface area (Å²) in [4.78, 5) is 22.7. The van der Waals surface area contributed by atoms with Crippen LogP contribution in [0.3, 0.4) is 0 Å². The Hall–Kier alpha value is -2.91. The zero-order valence-electron chi connectivity index (χ0n) is 21.1. The molecule has 2 aromatic heterocycles. The predicted molar refractivity (Wildman–Crippen MR) is 135 cm³/mol. The van der Waals surface area contributed by atoms with Crippen LogP contribution in [0.25, 0.3) is 5.65 Å². The first-order valence-electron chi connectivity index (χ1n) is 12.5. The average Bonchev–Trinajstić information content (AvgIpc) is 3.30. The lowest BCUT2D eigenvalue weighted by Crippen LogP contribution is -2.41. The first-order valence-corrected chi connectivity index (χ1v) is 12.5. The number of fused-ring (bicyclic) bond motifs is 2. The molecule has 9 heteroatoms. The van der Waals surface area contributed by atoms with Crippen molar-refractivity contribution in [3.63, 3.8) is 0 Å². The van der Waals surface area contributed by atoms with Crippen LogP contribution in [0, 0.1) is 0 Å². The molecule has 0 N–H and O–H groups in total. The third kappa shape index (κ3) is 3.55. The van der Waals surface area contributed by atoms with Gasteiger partial charge in [-0.25, -0.2) is 4.98 Å². The highest BCUT2D eigenvalue weighted by Gasteiger charge is 2.52. The molecule has 8 nitrogen and oxygen atoms in total. The quantitative estimate of drug-likeness (QED) is 0.545. The highest BCUT2D eigenvalue weighted by atomic mass is 16.7. The fourth-order valence-electron chi connectivity index (χ4n) is 5.13. The molecule has 35 heavy (non-hydrogen) atoms. The van der Waals surface area contributed by atoms with E-state index in [9.17, 15) is 4.79 Å². The van der Waals surface area contributed by atoms with Crippen LogP contribution >= 0.6 is 0 Å². The van der Waals surface area contributed by atoms with Gasteiger partial charge in [-0.05, 0) is 58.6 Å². The molecule has 1 aromatic carbocycles. The fourth-order valence-corrected chi connectivity index (χ4v) is 5.13. The molecule has 6 rings (SSSR count). The van der Waals surface area contributed by atoms with E-state index in [0.717, 1.165) is 31.7 Å². The molecule has 182 valence electrons. The Kier molecular flexibility index (Phi) is 5.02. The Labute approximate surface area is 206 Å². The van der Waals surface area contributed by atoms with E-state index >= 15 is 0 Å². The van der Waals surface area contributed by atoms with Gasteiger partial charge in [0.25, 0.3) is 5.91 Å². The second-order valence-corrected chi connectivity index (χ2v) is 10.9. The van der Waals surface area contributed by atoms with Crippen molar-refractivity contribution in [2.45, 2.75) is 64.7 Å². The number of carbonyl (C=O) groups is 1. The summed E-state index contributed by atoms with van der Waals surface area (Å²) in [6, 6.07) is 12.2. The second-order valence-electron chi connectivity index (χ2n) is 10.9. The van der Waals surface area contributed by atoms with Crippen LogP contribution in [-0.4, -0.2) is 63.4 Å². The average molecular weight is 473 g/mol. The zero-order chi connectivity index (χ0) is 24.5. The summed E-state index contributed by atoms with van der Waals surface area (Å²) in [6.07, 6.45) is 1.98. The van der Waals surface area contributed by atoms with Gasteiger partial charge in [0.05, 0.1) is 22.8 Å². The highest BCUT2D eigenvalue weighted by molar-refractivity contribution is 6.61. The molecule has 0 bridgehead atoms. The smallest absolute Gasteiger partial charge is 0.398 e. The molecular formula is C26H32BN5O3. The summed E-state index contributed by atoms with van der Waals surface area (Å²) in [5, 5.41) is 4.82. The summed E-state index contributed by atoms with van der Waals surface area (Å²) >= 11 is 0. The van der Waals surface area contributed by atoms with Crippen LogP contribution in [0.4, 0.5) is 5.82 Å². The number of benzene rings is 1. The largest absolute Gasteiger partial charge is 0.516 e. The summed E-state index contributed by atoms with van der Waals surface area (Å²) in [7, 11) is -0.580. The van der Waals surface area contributed by atoms with Gasteiger partial charge in [0, 0.05) is 31.8 Å². The SMILES string of the molecule is C[C@@H]1c2ccccc2CCN1C(=O)c1cc(N2CCC2)n2nc(B3OC(C)(C)C(C)(C)O3)cc2n1. The number of hydrogen-bond acceptors (Lipinski definition) is 6. The van der Waals surface area contributed by atoms with Gasteiger partial charge in [0.2, 0.25) is 0 Å². The van der Waals surface area contributed by atoms with Gasteiger partial charge in [-0.15, -0.1) is 0 Å². The number of amides is 1. The van der Waals surface area contributed by atoms with Crippen molar-refractivity contribution in [3.8, 4) is 0 Å². The monoisotopic (exact) mass is 473 g/mol. The molecule has 0 aliphatic carbocycles. The minimum atomic E-state index is -0.580. The molecule has 3 aliphatic heterocycles. The molecule has 1 atom stereocenters. The molecule has 1 amide bonds. The summed E-state index contributed by atoms with van der Waals surface area (Å²) < 4.78 is 14.3. The number of carbonyl (C=O) groups excluding carboxylic acids is 1. The van der Waals surface area contributed by atoms with Gasteiger partial charge in [0.15, 0.2) is 5.65 Å². The lowest BCUT2D eigenvalue weighted by molar-refractivity contribution is 0.00578. The predicted octanol–water partition coefficient (Wildman–Crippen LogP) is 3.00. The first-order chi connectivity index (χ1) is 16.6. The van der Waals surface area contributed by atoms with Gasteiger partial charge in [-0.3, -0.25) is 4.79 Å². The molecule has 0 radical (unpaired) electrons. The van der Waals surface area contributed by atoms with Crippen molar-refractivity contribution >= 4 is 30.1 Å². The van der Waals surface area contributed by atoms with E-state index in [1.165, 1.54) is 11.1 Å². The third-order valence-electron chi connectivity index (χ3n) is 8.18. The van der Waals surface area contributed by atoms with Crippen molar-refractivity contribution in [1.82, 2.24) is 19.5 Å². The van der Waals surface area contributed by atoms with Crippen molar-refractivity contribution in [3.05, 3.63) is 53.2 Å². The molecule has 2 saturated heterocycles. The van der Waals surface area contributed by atoms with Gasteiger partial charge < -0.3 is 19.1 Å². The van der Waals surface area contributed by atoms with Crippen LogP contribution in [0.5, 0.6) is 0 Å². The van der Waals surface area contributed by atoms with E-state index in [2.05, 4.69) is 30.0 Å². The van der Waals surface area contributed by atoms with Crippen molar-refractivity contribution in [1.29, 1.82) is 0 Å².